The van der Waals surface area contributed by atoms with Crippen LogP contribution < -0.4 is 11.1 Å². The molecule has 0 unspecified atom stereocenters. The van der Waals surface area contributed by atoms with Crippen molar-refractivity contribution < 1.29 is 18.0 Å². The summed E-state index contributed by atoms with van der Waals surface area (Å²) in [5.41, 5.74) is 4.17. The van der Waals surface area contributed by atoms with Crippen LogP contribution in [0.15, 0.2) is 42.5 Å². The van der Waals surface area contributed by atoms with E-state index in [9.17, 15) is 18.0 Å². The van der Waals surface area contributed by atoms with E-state index in [-0.39, 0.29) is 34.4 Å². The van der Waals surface area contributed by atoms with Crippen molar-refractivity contribution in [3.05, 3.63) is 58.1 Å². The van der Waals surface area contributed by atoms with Crippen LogP contribution in [0.2, 0.25) is 10.0 Å². The van der Waals surface area contributed by atoms with Gasteiger partial charge in [0.05, 0.1) is 15.7 Å². The molecule has 2 aromatic rings. The van der Waals surface area contributed by atoms with Crippen molar-refractivity contribution in [3.63, 3.8) is 0 Å². The number of halogens is 5. The van der Waals surface area contributed by atoms with Crippen molar-refractivity contribution in [2.75, 3.05) is 24.1 Å². The number of carbonyl (C=O) groups is 1. The number of rotatable bonds is 4. The van der Waals surface area contributed by atoms with Crippen molar-refractivity contribution in [2.24, 2.45) is 5.41 Å². The van der Waals surface area contributed by atoms with E-state index in [4.69, 9.17) is 28.9 Å². The van der Waals surface area contributed by atoms with Gasteiger partial charge in [0.2, 0.25) is 5.91 Å². The molecule has 1 heterocycles. The van der Waals surface area contributed by atoms with Gasteiger partial charge in [-0.05, 0) is 30.7 Å². The maximum atomic E-state index is 13.9. The minimum Gasteiger partial charge on any atom is -0.396 e. The molecule has 150 valence electrons. The Morgan fingerprint density at radius 2 is 1.79 bits per heavy atom. The highest BCUT2D eigenvalue weighted by Gasteiger charge is 2.63. The first-order chi connectivity index (χ1) is 13.1. The quantitative estimate of drug-likeness (QED) is 0.671. The van der Waals surface area contributed by atoms with Crippen LogP contribution in [0.4, 0.5) is 24.5 Å². The highest BCUT2D eigenvalue weighted by molar-refractivity contribution is 6.39. The Kier molecular flexibility index (Phi) is 5.79. The second-order valence-electron chi connectivity index (χ2n) is 6.83. The van der Waals surface area contributed by atoms with Crippen LogP contribution in [0.5, 0.6) is 0 Å². The third-order valence-electron chi connectivity index (χ3n) is 4.91. The number of benzene rings is 2. The van der Waals surface area contributed by atoms with Crippen LogP contribution in [0.3, 0.4) is 0 Å². The Morgan fingerprint density at radius 1 is 1.18 bits per heavy atom. The average Bonchev–Trinajstić information content (AvgIpc) is 3.06. The number of nitrogen functional groups attached to an aromatic ring is 1. The Balaban J connectivity index is 1.81. The van der Waals surface area contributed by atoms with Gasteiger partial charge in [-0.1, -0.05) is 53.5 Å². The predicted molar refractivity (Wildman–Crippen MR) is 104 cm³/mol. The molecular formula is C19H18Cl2F3N3O. The van der Waals surface area contributed by atoms with E-state index in [0.717, 1.165) is 5.56 Å². The van der Waals surface area contributed by atoms with E-state index in [0.29, 0.717) is 6.54 Å². The van der Waals surface area contributed by atoms with E-state index < -0.39 is 24.0 Å². The third-order valence-corrected chi connectivity index (χ3v) is 5.54. The molecule has 28 heavy (non-hydrogen) atoms. The first-order valence-electron chi connectivity index (χ1n) is 8.51. The zero-order valence-corrected chi connectivity index (χ0v) is 16.2. The van der Waals surface area contributed by atoms with E-state index in [1.165, 1.54) is 12.1 Å². The molecule has 0 bridgehead atoms. The van der Waals surface area contributed by atoms with Gasteiger partial charge in [0, 0.05) is 18.8 Å². The highest BCUT2D eigenvalue weighted by atomic mass is 35.5. The number of nitrogens with one attached hydrogen (secondary N) is 1. The molecule has 0 aromatic heterocycles. The number of nitrogens with two attached hydrogens (primary N) is 1. The standard InChI is InChI=1S/C19H18Cl2F3N3O/c20-14-8-13(9-15(21)16(14)25)26-17(28)18(19(22,23)24)6-7-27(11-18)10-12-4-2-1-3-5-12/h1-5,8-9H,6-7,10-11,25H2,(H,26,28)/t18-/m0/s1. The molecule has 1 atom stereocenters. The van der Waals surface area contributed by atoms with Crippen molar-refractivity contribution in [1.82, 2.24) is 4.90 Å². The number of hydrogen-bond acceptors (Lipinski definition) is 3. The summed E-state index contributed by atoms with van der Waals surface area (Å²) in [5, 5.41) is 2.43. The molecule has 9 heteroatoms. The molecule has 2 aromatic carbocycles. The van der Waals surface area contributed by atoms with Crippen LogP contribution in [0.25, 0.3) is 0 Å². The SMILES string of the molecule is Nc1c(Cl)cc(NC(=O)[C@]2(C(F)(F)F)CCN(Cc3ccccc3)C2)cc1Cl. The lowest BCUT2D eigenvalue weighted by Gasteiger charge is -2.30. The van der Waals surface area contributed by atoms with Gasteiger partial charge in [-0.15, -0.1) is 0 Å². The molecule has 1 saturated heterocycles. The first kappa shape index (κ1) is 20.8. The fraction of sp³-hybridized carbons (Fsp3) is 0.316. The van der Waals surface area contributed by atoms with Gasteiger partial charge in [-0.25, -0.2) is 0 Å². The Labute approximate surface area is 170 Å². The molecule has 1 aliphatic rings. The summed E-state index contributed by atoms with van der Waals surface area (Å²) in [7, 11) is 0. The van der Waals surface area contributed by atoms with Gasteiger partial charge >= 0.3 is 6.18 Å². The number of likely N-dealkylation sites (tertiary alicyclic amines) is 1. The molecule has 0 spiro atoms. The zero-order chi connectivity index (χ0) is 20.5. The van der Waals surface area contributed by atoms with Gasteiger partial charge in [0.15, 0.2) is 5.41 Å². The van der Waals surface area contributed by atoms with Crippen LogP contribution in [0.1, 0.15) is 12.0 Å². The molecular weight excluding hydrogens is 414 g/mol. The molecule has 0 saturated carbocycles. The number of anilines is 2. The summed E-state index contributed by atoms with van der Waals surface area (Å²) in [4.78, 5) is 14.3. The van der Waals surface area contributed by atoms with E-state index in [2.05, 4.69) is 5.32 Å². The maximum Gasteiger partial charge on any atom is 0.404 e. The summed E-state index contributed by atoms with van der Waals surface area (Å²) in [6.45, 7) is 0.0736. The molecule has 0 radical (unpaired) electrons. The zero-order valence-electron chi connectivity index (χ0n) is 14.7. The Hall–Kier alpha value is -1.96. The summed E-state index contributed by atoms with van der Waals surface area (Å²) in [5.74, 6) is -1.13. The molecule has 3 rings (SSSR count). The van der Waals surface area contributed by atoms with E-state index in [1.54, 1.807) is 4.90 Å². The van der Waals surface area contributed by atoms with Crippen LogP contribution in [-0.4, -0.2) is 30.1 Å². The second-order valence-corrected chi connectivity index (χ2v) is 7.65. The maximum absolute atomic E-state index is 13.9. The number of carbonyl (C=O) groups excluding carboxylic acids is 1. The first-order valence-corrected chi connectivity index (χ1v) is 9.27. The van der Waals surface area contributed by atoms with Gasteiger partial charge in [0.1, 0.15) is 0 Å². The lowest BCUT2D eigenvalue weighted by atomic mass is 9.85. The minimum absolute atomic E-state index is 0.0565. The lowest BCUT2D eigenvalue weighted by Crippen LogP contribution is -2.49. The summed E-state index contributed by atoms with van der Waals surface area (Å²) in [6, 6.07) is 11.7. The second kappa shape index (κ2) is 7.81. The van der Waals surface area contributed by atoms with Gasteiger partial charge in [-0.3, -0.25) is 9.69 Å². The Bertz CT molecular complexity index is 853. The topological polar surface area (TPSA) is 58.4 Å². The van der Waals surface area contributed by atoms with Gasteiger partial charge < -0.3 is 11.1 Å². The van der Waals surface area contributed by atoms with Gasteiger partial charge in [-0.2, -0.15) is 13.2 Å². The van der Waals surface area contributed by atoms with Crippen molar-refractivity contribution in [2.45, 2.75) is 19.1 Å². The fourth-order valence-corrected chi connectivity index (χ4v) is 3.81. The van der Waals surface area contributed by atoms with Crippen LogP contribution in [-0.2, 0) is 11.3 Å². The average molecular weight is 432 g/mol. The molecule has 3 N–H and O–H groups in total. The van der Waals surface area contributed by atoms with Crippen molar-refractivity contribution >= 4 is 40.5 Å². The predicted octanol–water partition coefficient (Wildman–Crippen LogP) is 4.97. The number of hydrogen-bond donors (Lipinski definition) is 2. The molecule has 1 fully saturated rings. The minimum atomic E-state index is -4.70. The van der Waals surface area contributed by atoms with Crippen molar-refractivity contribution in [1.29, 1.82) is 0 Å². The monoisotopic (exact) mass is 431 g/mol. The van der Waals surface area contributed by atoms with Gasteiger partial charge in [0.25, 0.3) is 0 Å². The number of amides is 1. The lowest BCUT2D eigenvalue weighted by molar-refractivity contribution is -0.215. The molecule has 1 amide bonds. The van der Waals surface area contributed by atoms with Crippen molar-refractivity contribution in [3.8, 4) is 0 Å². The smallest absolute Gasteiger partial charge is 0.396 e. The summed E-state index contributed by atoms with van der Waals surface area (Å²) < 4.78 is 41.8. The molecule has 4 nitrogen and oxygen atoms in total. The fourth-order valence-electron chi connectivity index (χ4n) is 3.32. The summed E-state index contributed by atoms with van der Waals surface area (Å²) in [6.07, 6.45) is -5.03. The largest absolute Gasteiger partial charge is 0.404 e. The van der Waals surface area contributed by atoms with E-state index in [1.807, 2.05) is 30.3 Å². The number of alkyl halides is 3. The van der Waals surface area contributed by atoms with Crippen LogP contribution in [0, 0.1) is 5.41 Å². The highest BCUT2D eigenvalue weighted by Crippen LogP contribution is 2.47. The van der Waals surface area contributed by atoms with E-state index >= 15 is 0 Å². The summed E-state index contributed by atoms with van der Waals surface area (Å²) >= 11 is 11.8. The van der Waals surface area contributed by atoms with Crippen LogP contribution >= 0.6 is 23.2 Å². The normalized spacial score (nSPS) is 20.3. The number of nitrogens with zero attached hydrogens (tertiary/aromatic N) is 1. The Morgan fingerprint density at radius 3 is 2.36 bits per heavy atom. The molecule has 0 aliphatic carbocycles. The molecule has 1 aliphatic heterocycles. The third kappa shape index (κ3) is 4.06.